The van der Waals surface area contributed by atoms with Gasteiger partial charge in [-0.15, -0.1) is 0 Å². The number of likely N-dealkylation sites (N-methyl/N-ethyl adjacent to an activating group) is 2. The minimum atomic E-state index is -0.500. The molecule has 1 saturated heterocycles. The molecule has 7 heteroatoms. The summed E-state index contributed by atoms with van der Waals surface area (Å²) in [6, 6.07) is -0.853. The maximum absolute atomic E-state index is 11.9. The van der Waals surface area contributed by atoms with Gasteiger partial charge in [0.25, 0.3) is 5.91 Å². The molecule has 0 radical (unpaired) electrons. The monoisotopic (exact) mass is 226 g/mol. The first-order valence-corrected chi connectivity index (χ1v) is 5.02. The third kappa shape index (κ3) is 1.35. The number of aliphatic hydroxyl groups is 1. The van der Waals surface area contributed by atoms with Crippen molar-refractivity contribution in [2.75, 3.05) is 27.2 Å². The Morgan fingerprint density at radius 2 is 2.12 bits per heavy atom. The minimum Gasteiger partial charge on any atom is -0.395 e. The molecule has 2 atom stereocenters. The predicted molar refractivity (Wildman–Crippen MR) is 55.8 cm³/mol. The van der Waals surface area contributed by atoms with Crippen molar-refractivity contribution in [2.24, 2.45) is 4.99 Å². The zero-order chi connectivity index (χ0) is 11.9. The molecule has 0 aromatic rings. The number of hydrogen-bond acceptors (Lipinski definition) is 5. The van der Waals surface area contributed by atoms with Crippen LogP contribution in [0.5, 0.6) is 0 Å². The summed E-state index contributed by atoms with van der Waals surface area (Å²) in [7, 11) is 3.07. The summed E-state index contributed by atoms with van der Waals surface area (Å²) in [5.41, 5.74) is 0. The molecule has 0 aromatic carbocycles. The van der Waals surface area contributed by atoms with Gasteiger partial charge in [-0.1, -0.05) is 0 Å². The van der Waals surface area contributed by atoms with Crippen molar-refractivity contribution in [3.8, 4) is 0 Å². The van der Waals surface area contributed by atoms with Crippen LogP contribution in [0.2, 0.25) is 0 Å². The number of hydrogen-bond donors (Lipinski definition) is 1. The first-order valence-electron chi connectivity index (χ1n) is 5.02. The number of aliphatic imine (C=N–C) groups is 1. The van der Waals surface area contributed by atoms with Crippen LogP contribution in [0.1, 0.15) is 0 Å². The van der Waals surface area contributed by atoms with Crippen LogP contribution in [-0.4, -0.2) is 77.5 Å². The fourth-order valence-electron chi connectivity index (χ4n) is 2.01. The Balaban J connectivity index is 2.26. The molecule has 1 N–H and O–H groups in total. The molecule has 1 fully saturated rings. The van der Waals surface area contributed by atoms with E-state index in [2.05, 4.69) is 4.99 Å². The number of carbonyl (C=O) groups is 2. The number of carbonyl (C=O) groups excluding carboxylic acids is 2. The Morgan fingerprint density at radius 3 is 2.75 bits per heavy atom. The van der Waals surface area contributed by atoms with Gasteiger partial charge in [0, 0.05) is 20.6 Å². The summed E-state index contributed by atoms with van der Waals surface area (Å²) in [5, 5.41) is 8.88. The fraction of sp³-hybridized carbons (Fsp3) is 0.667. The standard InChI is InChI=1S/C9H14N4O3/c1-11-7-6(8(15)12(2)9(11)16)13(3-4-14)5-10-7/h5-7,14H,3-4H2,1-2H3. The van der Waals surface area contributed by atoms with E-state index in [-0.39, 0.29) is 18.5 Å². The number of nitrogens with zero attached hydrogens (tertiary/aromatic N) is 4. The molecule has 16 heavy (non-hydrogen) atoms. The van der Waals surface area contributed by atoms with Gasteiger partial charge in [0.15, 0.2) is 12.2 Å². The highest BCUT2D eigenvalue weighted by atomic mass is 16.3. The van der Waals surface area contributed by atoms with E-state index in [0.717, 1.165) is 4.90 Å². The van der Waals surface area contributed by atoms with Crippen molar-refractivity contribution in [2.45, 2.75) is 12.2 Å². The Hall–Kier alpha value is -1.63. The molecule has 0 saturated carbocycles. The molecule has 2 aliphatic heterocycles. The van der Waals surface area contributed by atoms with Crippen molar-refractivity contribution in [3.05, 3.63) is 0 Å². The summed E-state index contributed by atoms with van der Waals surface area (Å²) in [6.07, 6.45) is 1.05. The maximum Gasteiger partial charge on any atom is 0.328 e. The second-order valence-electron chi connectivity index (χ2n) is 3.88. The molecule has 2 rings (SSSR count). The van der Waals surface area contributed by atoms with Crippen LogP contribution in [0.3, 0.4) is 0 Å². The van der Waals surface area contributed by atoms with Crippen molar-refractivity contribution < 1.29 is 14.7 Å². The molecule has 7 nitrogen and oxygen atoms in total. The van der Waals surface area contributed by atoms with Crippen LogP contribution in [0.4, 0.5) is 4.79 Å². The lowest BCUT2D eigenvalue weighted by molar-refractivity contribution is -0.136. The molecule has 3 amide bonds. The van der Waals surface area contributed by atoms with E-state index in [0.29, 0.717) is 6.54 Å². The van der Waals surface area contributed by atoms with Gasteiger partial charge in [0.2, 0.25) is 0 Å². The summed E-state index contributed by atoms with van der Waals surface area (Å²) in [5.74, 6) is -0.279. The van der Waals surface area contributed by atoms with E-state index in [1.165, 1.54) is 18.3 Å². The van der Waals surface area contributed by atoms with Crippen molar-refractivity contribution in [1.29, 1.82) is 0 Å². The highest BCUT2D eigenvalue weighted by Gasteiger charge is 2.48. The molecule has 88 valence electrons. The number of aliphatic hydroxyl groups excluding tert-OH is 1. The van der Waals surface area contributed by atoms with Gasteiger partial charge < -0.3 is 14.9 Å². The highest BCUT2D eigenvalue weighted by molar-refractivity contribution is 6.01. The first kappa shape index (κ1) is 10.9. The van der Waals surface area contributed by atoms with E-state index in [1.54, 1.807) is 11.9 Å². The lowest BCUT2D eigenvalue weighted by Gasteiger charge is -2.39. The SMILES string of the molecule is CN1C(=O)C2C(N=CN2CCO)N(C)C1=O. The van der Waals surface area contributed by atoms with Gasteiger partial charge in [-0.25, -0.2) is 9.79 Å². The van der Waals surface area contributed by atoms with Gasteiger partial charge in [-0.2, -0.15) is 0 Å². The Morgan fingerprint density at radius 1 is 1.44 bits per heavy atom. The normalized spacial score (nSPS) is 29.1. The number of amides is 3. The topological polar surface area (TPSA) is 76.5 Å². The first-order chi connectivity index (χ1) is 7.57. The Kier molecular flexibility index (Phi) is 2.55. The van der Waals surface area contributed by atoms with Crippen molar-refractivity contribution >= 4 is 18.3 Å². The number of rotatable bonds is 2. The zero-order valence-electron chi connectivity index (χ0n) is 9.20. The average Bonchev–Trinajstić information content (AvgIpc) is 2.68. The van der Waals surface area contributed by atoms with Crippen LogP contribution >= 0.6 is 0 Å². The predicted octanol–water partition coefficient (Wildman–Crippen LogP) is -1.46. The minimum absolute atomic E-state index is 0.0517. The van der Waals surface area contributed by atoms with Crippen LogP contribution in [0, 0.1) is 0 Å². The number of imide groups is 1. The smallest absolute Gasteiger partial charge is 0.328 e. The second kappa shape index (κ2) is 3.75. The average molecular weight is 226 g/mol. The summed E-state index contributed by atoms with van der Waals surface area (Å²) >= 11 is 0. The quantitative estimate of drug-likeness (QED) is 0.624. The Labute approximate surface area is 92.9 Å². The van der Waals surface area contributed by atoms with Gasteiger partial charge >= 0.3 is 6.03 Å². The summed E-state index contributed by atoms with van der Waals surface area (Å²) in [4.78, 5) is 31.8. The molecule has 0 aliphatic carbocycles. The third-order valence-corrected chi connectivity index (χ3v) is 2.93. The molecule has 2 heterocycles. The molecule has 0 spiro atoms. The van der Waals surface area contributed by atoms with Gasteiger partial charge in [0.1, 0.15) is 0 Å². The van der Waals surface area contributed by atoms with Gasteiger partial charge in [0.05, 0.1) is 12.9 Å². The number of fused-ring (bicyclic) bond motifs is 1. The second-order valence-corrected chi connectivity index (χ2v) is 3.88. The number of urea groups is 1. The molecular formula is C9H14N4O3. The van der Waals surface area contributed by atoms with E-state index < -0.39 is 12.2 Å². The zero-order valence-corrected chi connectivity index (χ0v) is 9.20. The van der Waals surface area contributed by atoms with Crippen molar-refractivity contribution in [1.82, 2.24) is 14.7 Å². The molecule has 2 aliphatic rings. The highest BCUT2D eigenvalue weighted by Crippen LogP contribution is 2.23. The molecule has 0 aromatic heterocycles. The fourth-order valence-corrected chi connectivity index (χ4v) is 2.01. The van der Waals surface area contributed by atoms with E-state index in [9.17, 15) is 9.59 Å². The van der Waals surface area contributed by atoms with E-state index in [4.69, 9.17) is 5.11 Å². The van der Waals surface area contributed by atoms with Gasteiger partial charge in [-0.3, -0.25) is 9.69 Å². The summed E-state index contributed by atoms with van der Waals surface area (Å²) in [6.45, 7) is 0.288. The van der Waals surface area contributed by atoms with Crippen molar-refractivity contribution in [3.63, 3.8) is 0 Å². The Bertz CT molecular complexity index is 357. The summed E-state index contributed by atoms with van der Waals surface area (Å²) < 4.78 is 0. The van der Waals surface area contributed by atoms with E-state index >= 15 is 0 Å². The molecule has 0 bridgehead atoms. The largest absolute Gasteiger partial charge is 0.395 e. The van der Waals surface area contributed by atoms with E-state index in [1.807, 2.05) is 0 Å². The maximum atomic E-state index is 11.9. The lowest BCUT2D eigenvalue weighted by atomic mass is 10.1. The molecule has 2 unspecified atom stereocenters. The van der Waals surface area contributed by atoms with Crippen LogP contribution in [-0.2, 0) is 4.79 Å². The van der Waals surface area contributed by atoms with Crippen LogP contribution in [0.25, 0.3) is 0 Å². The van der Waals surface area contributed by atoms with Crippen LogP contribution < -0.4 is 0 Å². The molecular weight excluding hydrogens is 212 g/mol. The van der Waals surface area contributed by atoms with Gasteiger partial charge in [-0.05, 0) is 0 Å². The number of β-amino-alcohol motifs (C(OH)–C–C–N with tert-alkyl or cyclic N) is 1. The lowest BCUT2D eigenvalue weighted by Crippen LogP contribution is -2.63. The third-order valence-electron chi connectivity index (χ3n) is 2.93. The van der Waals surface area contributed by atoms with Crippen LogP contribution in [0.15, 0.2) is 4.99 Å².